The van der Waals surface area contributed by atoms with Crippen LogP contribution in [0.5, 0.6) is 5.75 Å². The predicted octanol–water partition coefficient (Wildman–Crippen LogP) is 4.01. The number of anilines is 1. The van der Waals surface area contributed by atoms with E-state index in [4.69, 9.17) is 16.3 Å². The number of ether oxygens (including phenoxy) is 1. The maximum Gasteiger partial charge on any atom is 0.321 e. The molecule has 2 aromatic carbocycles. The molecular weight excluding hydrogens is 350 g/mol. The van der Waals surface area contributed by atoms with Crippen LogP contribution in [0.1, 0.15) is 11.1 Å². The molecule has 5 nitrogen and oxygen atoms in total. The molecule has 0 aromatic heterocycles. The average molecular weight is 374 g/mol. The van der Waals surface area contributed by atoms with Gasteiger partial charge in [0.25, 0.3) is 0 Å². The van der Waals surface area contributed by atoms with Gasteiger partial charge in [-0.1, -0.05) is 23.7 Å². The maximum atomic E-state index is 12.5. The number of urea groups is 1. The van der Waals surface area contributed by atoms with Crippen molar-refractivity contribution in [1.29, 1.82) is 0 Å². The van der Waals surface area contributed by atoms with Crippen molar-refractivity contribution < 1.29 is 9.53 Å². The number of carbonyl (C=O) groups excluding carboxylic acids is 1. The third-order valence-electron chi connectivity index (χ3n) is 4.65. The van der Waals surface area contributed by atoms with Crippen LogP contribution >= 0.6 is 11.6 Å². The first-order chi connectivity index (χ1) is 12.5. The van der Waals surface area contributed by atoms with Crippen LogP contribution in [-0.4, -0.2) is 49.1 Å². The highest BCUT2D eigenvalue weighted by molar-refractivity contribution is 6.30. The van der Waals surface area contributed by atoms with E-state index in [-0.39, 0.29) is 6.03 Å². The lowest BCUT2D eigenvalue weighted by Gasteiger charge is -2.34. The fraction of sp³-hybridized carbons (Fsp3) is 0.350. The Morgan fingerprint density at radius 2 is 1.81 bits per heavy atom. The minimum atomic E-state index is -0.0560. The zero-order valence-corrected chi connectivity index (χ0v) is 15.9. The highest BCUT2D eigenvalue weighted by Gasteiger charge is 2.21. The Balaban J connectivity index is 1.50. The van der Waals surface area contributed by atoms with Crippen molar-refractivity contribution in [1.82, 2.24) is 9.80 Å². The zero-order chi connectivity index (χ0) is 18.5. The molecule has 0 aliphatic carbocycles. The molecule has 0 radical (unpaired) electrons. The minimum Gasteiger partial charge on any atom is -0.497 e. The van der Waals surface area contributed by atoms with Crippen molar-refractivity contribution in [3.05, 3.63) is 58.6 Å². The third-order valence-corrected chi connectivity index (χ3v) is 4.89. The first kappa shape index (κ1) is 18.5. The lowest BCUT2D eigenvalue weighted by Crippen LogP contribution is -2.49. The summed E-state index contributed by atoms with van der Waals surface area (Å²) in [6, 6.07) is 13.6. The summed E-state index contributed by atoms with van der Waals surface area (Å²) >= 11 is 5.97. The number of hydrogen-bond donors (Lipinski definition) is 1. The van der Waals surface area contributed by atoms with E-state index in [0.29, 0.717) is 18.1 Å². The van der Waals surface area contributed by atoms with Crippen LogP contribution in [0.2, 0.25) is 5.02 Å². The zero-order valence-electron chi connectivity index (χ0n) is 15.2. The van der Waals surface area contributed by atoms with Gasteiger partial charge in [0.15, 0.2) is 0 Å². The molecule has 26 heavy (non-hydrogen) atoms. The summed E-state index contributed by atoms with van der Waals surface area (Å²) in [7, 11) is 1.67. The Labute approximate surface area is 159 Å². The van der Waals surface area contributed by atoms with Gasteiger partial charge in [0.2, 0.25) is 0 Å². The van der Waals surface area contributed by atoms with Crippen molar-refractivity contribution in [2.24, 2.45) is 0 Å². The Morgan fingerprint density at radius 1 is 1.12 bits per heavy atom. The Bertz CT molecular complexity index is 756. The second-order valence-electron chi connectivity index (χ2n) is 6.50. The molecular formula is C20H24ClN3O2. The van der Waals surface area contributed by atoms with Gasteiger partial charge in [-0.05, 0) is 48.4 Å². The molecule has 3 rings (SSSR count). The summed E-state index contributed by atoms with van der Waals surface area (Å²) in [5.74, 6) is 0.868. The van der Waals surface area contributed by atoms with Gasteiger partial charge in [0, 0.05) is 43.4 Å². The highest BCUT2D eigenvalue weighted by atomic mass is 35.5. The normalized spacial score (nSPS) is 15.0. The summed E-state index contributed by atoms with van der Waals surface area (Å²) in [5.41, 5.74) is 3.02. The molecule has 6 heteroatoms. The topological polar surface area (TPSA) is 44.8 Å². The summed E-state index contributed by atoms with van der Waals surface area (Å²) in [6.07, 6.45) is 0. The van der Waals surface area contributed by atoms with E-state index in [1.54, 1.807) is 13.2 Å². The molecule has 1 fully saturated rings. The van der Waals surface area contributed by atoms with Crippen LogP contribution in [0.4, 0.5) is 10.5 Å². The number of benzene rings is 2. The van der Waals surface area contributed by atoms with Gasteiger partial charge in [-0.15, -0.1) is 0 Å². The van der Waals surface area contributed by atoms with Gasteiger partial charge in [-0.2, -0.15) is 0 Å². The van der Waals surface area contributed by atoms with Crippen molar-refractivity contribution >= 4 is 23.3 Å². The quantitative estimate of drug-likeness (QED) is 0.880. The molecule has 2 amide bonds. The lowest BCUT2D eigenvalue weighted by atomic mass is 10.2. The highest BCUT2D eigenvalue weighted by Crippen LogP contribution is 2.20. The van der Waals surface area contributed by atoms with E-state index in [0.717, 1.165) is 36.6 Å². The van der Waals surface area contributed by atoms with Crippen LogP contribution in [0.25, 0.3) is 0 Å². The minimum absolute atomic E-state index is 0.0560. The fourth-order valence-electron chi connectivity index (χ4n) is 3.06. The number of rotatable bonds is 4. The van der Waals surface area contributed by atoms with E-state index in [9.17, 15) is 4.79 Å². The number of carbonyl (C=O) groups is 1. The van der Waals surface area contributed by atoms with Crippen LogP contribution in [0, 0.1) is 6.92 Å². The first-order valence-corrected chi connectivity index (χ1v) is 9.10. The fourth-order valence-corrected chi connectivity index (χ4v) is 3.29. The molecule has 0 atom stereocenters. The first-order valence-electron chi connectivity index (χ1n) is 8.72. The molecule has 1 saturated heterocycles. The predicted molar refractivity (Wildman–Crippen MR) is 105 cm³/mol. The monoisotopic (exact) mass is 373 g/mol. The van der Waals surface area contributed by atoms with Gasteiger partial charge < -0.3 is 15.0 Å². The molecule has 138 valence electrons. The number of aryl methyl sites for hydroxylation is 1. The van der Waals surface area contributed by atoms with E-state index >= 15 is 0 Å². The number of hydrogen-bond acceptors (Lipinski definition) is 3. The number of piperazine rings is 1. The van der Waals surface area contributed by atoms with Gasteiger partial charge in [0.05, 0.1) is 7.11 Å². The molecule has 1 aliphatic heterocycles. The van der Waals surface area contributed by atoms with E-state index in [2.05, 4.69) is 22.3 Å². The third kappa shape index (κ3) is 4.68. The molecule has 0 spiro atoms. The van der Waals surface area contributed by atoms with Crippen molar-refractivity contribution in [2.45, 2.75) is 13.5 Å². The largest absolute Gasteiger partial charge is 0.497 e. The van der Waals surface area contributed by atoms with Crippen LogP contribution in [0.3, 0.4) is 0 Å². The Hall–Kier alpha value is -2.24. The molecule has 1 N–H and O–H groups in total. The van der Waals surface area contributed by atoms with Crippen molar-refractivity contribution in [3.63, 3.8) is 0 Å². The SMILES string of the molecule is COc1ccc(CN2CCN(C(=O)Nc3ccc(Cl)cc3C)CC2)cc1. The van der Waals surface area contributed by atoms with Crippen molar-refractivity contribution in [2.75, 3.05) is 38.6 Å². The Kier molecular flexibility index (Phi) is 6.01. The van der Waals surface area contributed by atoms with Gasteiger partial charge in [-0.25, -0.2) is 4.79 Å². The summed E-state index contributed by atoms with van der Waals surface area (Å²) in [4.78, 5) is 16.7. The lowest BCUT2D eigenvalue weighted by molar-refractivity contribution is 0.143. The summed E-state index contributed by atoms with van der Waals surface area (Å²) < 4.78 is 5.19. The number of nitrogens with one attached hydrogen (secondary N) is 1. The number of nitrogens with zero attached hydrogens (tertiary/aromatic N) is 2. The van der Waals surface area contributed by atoms with Gasteiger partial charge in [-0.3, -0.25) is 4.90 Å². The summed E-state index contributed by atoms with van der Waals surface area (Å²) in [5, 5.41) is 3.65. The molecule has 1 heterocycles. The second kappa shape index (κ2) is 8.43. The summed E-state index contributed by atoms with van der Waals surface area (Å²) in [6.45, 7) is 5.98. The van der Waals surface area contributed by atoms with Crippen LogP contribution in [0.15, 0.2) is 42.5 Å². The molecule has 1 aliphatic rings. The van der Waals surface area contributed by atoms with Crippen molar-refractivity contribution in [3.8, 4) is 5.75 Å². The van der Waals surface area contributed by atoms with Gasteiger partial charge >= 0.3 is 6.03 Å². The number of halogens is 1. The second-order valence-corrected chi connectivity index (χ2v) is 6.94. The van der Waals surface area contributed by atoms with E-state index in [1.807, 2.05) is 36.1 Å². The number of amides is 2. The van der Waals surface area contributed by atoms with Crippen LogP contribution < -0.4 is 10.1 Å². The van der Waals surface area contributed by atoms with E-state index in [1.165, 1.54) is 5.56 Å². The number of methoxy groups -OCH3 is 1. The Morgan fingerprint density at radius 3 is 2.42 bits per heavy atom. The van der Waals surface area contributed by atoms with E-state index < -0.39 is 0 Å². The maximum absolute atomic E-state index is 12.5. The molecule has 2 aromatic rings. The standard InChI is InChI=1S/C20H24ClN3O2/c1-15-13-17(21)5-8-19(15)22-20(25)24-11-9-23(10-12-24)14-16-3-6-18(26-2)7-4-16/h3-8,13H,9-12,14H2,1-2H3,(H,22,25). The van der Waals surface area contributed by atoms with Gasteiger partial charge in [0.1, 0.15) is 5.75 Å². The smallest absolute Gasteiger partial charge is 0.321 e. The molecule has 0 unspecified atom stereocenters. The van der Waals surface area contributed by atoms with Crippen LogP contribution in [-0.2, 0) is 6.54 Å². The average Bonchev–Trinajstić information content (AvgIpc) is 2.65. The molecule has 0 bridgehead atoms. The molecule has 0 saturated carbocycles.